The van der Waals surface area contributed by atoms with Gasteiger partial charge in [0.25, 0.3) is 0 Å². The molecule has 1 aromatic rings. The number of hydrogen-bond donors (Lipinski definition) is 0. The summed E-state index contributed by atoms with van der Waals surface area (Å²) >= 11 is 3.36. The lowest BCUT2D eigenvalue weighted by atomic mass is 10.1. The molecule has 1 unspecified atom stereocenters. The van der Waals surface area contributed by atoms with Crippen LogP contribution in [0, 0.1) is 11.7 Å². The van der Waals surface area contributed by atoms with Gasteiger partial charge in [-0.3, -0.25) is 0 Å². The average Bonchev–Trinajstić information content (AvgIpc) is 3.10. The van der Waals surface area contributed by atoms with Crippen LogP contribution in [-0.4, -0.2) is 13.1 Å². The first kappa shape index (κ1) is 11.9. The Morgan fingerprint density at radius 2 is 2.19 bits per heavy atom. The monoisotopic (exact) mass is 285 g/mol. The zero-order valence-electron chi connectivity index (χ0n) is 9.71. The SMILES string of the molecule is CC(C1CC1)N(C)c1cccc(F)c1CBr. The molecule has 1 aliphatic carbocycles. The maximum absolute atomic E-state index is 13.6. The minimum atomic E-state index is -0.121. The Morgan fingerprint density at radius 3 is 2.75 bits per heavy atom. The molecule has 1 aliphatic rings. The lowest BCUT2D eigenvalue weighted by Crippen LogP contribution is -2.31. The van der Waals surface area contributed by atoms with Gasteiger partial charge in [-0.15, -0.1) is 0 Å². The fourth-order valence-corrected chi connectivity index (χ4v) is 2.68. The first-order valence-corrected chi connectivity index (χ1v) is 6.83. The van der Waals surface area contributed by atoms with Gasteiger partial charge in [0.15, 0.2) is 0 Å². The highest BCUT2D eigenvalue weighted by Gasteiger charge is 2.31. The van der Waals surface area contributed by atoms with Crippen LogP contribution in [0.4, 0.5) is 10.1 Å². The largest absolute Gasteiger partial charge is 0.371 e. The Kier molecular flexibility index (Phi) is 3.53. The molecule has 0 aliphatic heterocycles. The molecule has 0 aromatic heterocycles. The molecular weight excluding hydrogens is 269 g/mol. The van der Waals surface area contributed by atoms with E-state index in [0.717, 1.165) is 17.2 Å². The number of hydrogen-bond acceptors (Lipinski definition) is 1. The molecule has 0 heterocycles. The van der Waals surface area contributed by atoms with E-state index in [4.69, 9.17) is 0 Å². The van der Waals surface area contributed by atoms with E-state index < -0.39 is 0 Å². The molecule has 1 saturated carbocycles. The third kappa shape index (κ3) is 2.24. The second-order valence-electron chi connectivity index (χ2n) is 4.56. The molecule has 16 heavy (non-hydrogen) atoms. The minimum absolute atomic E-state index is 0.121. The predicted octanol–water partition coefficient (Wildman–Crippen LogP) is 3.96. The van der Waals surface area contributed by atoms with Crippen LogP contribution < -0.4 is 4.90 Å². The number of nitrogens with zero attached hydrogens (tertiary/aromatic N) is 1. The van der Waals surface area contributed by atoms with Gasteiger partial charge in [0.2, 0.25) is 0 Å². The highest BCUT2D eigenvalue weighted by molar-refractivity contribution is 9.08. The van der Waals surface area contributed by atoms with Gasteiger partial charge in [0.1, 0.15) is 5.82 Å². The van der Waals surface area contributed by atoms with Crippen LogP contribution in [-0.2, 0) is 5.33 Å². The quantitative estimate of drug-likeness (QED) is 0.757. The molecule has 1 aromatic carbocycles. The van der Waals surface area contributed by atoms with Crippen molar-refractivity contribution in [3.8, 4) is 0 Å². The van der Waals surface area contributed by atoms with Crippen LogP contribution in [0.3, 0.4) is 0 Å². The van der Waals surface area contributed by atoms with Crippen LogP contribution in [0.1, 0.15) is 25.3 Å². The molecule has 2 rings (SSSR count). The van der Waals surface area contributed by atoms with E-state index in [9.17, 15) is 4.39 Å². The summed E-state index contributed by atoms with van der Waals surface area (Å²) in [5.74, 6) is 0.667. The number of rotatable bonds is 4. The topological polar surface area (TPSA) is 3.24 Å². The van der Waals surface area contributed by atoms with E-state index in [2.05, 4.69) is 34.8 Å². The van der Waals surface area contributed by atoms with Crippen molar-refractivity contribution >= 4 is 21.6 Å². The van der Waals surface area contributed by atoms with E-state index in [-0.39, 0.29) is 5.82 Å². The summed E-state index contributed by atoms with van der Waals surface area (Å²) in [6, 6.07) is 5.81. The zero-order chi connectivity index (χ0) is 11.7. The normalized spacial score (nSPS) is 17.2. The van der Waals surface area contributed by atoms with Crippen LogP contribution >= 0.6 is 15.9 Å². The summed E-state index contributed by atoms with van der Waals surface area (Å²) in [4.78, 5) is 2.21. The predicted molar refractivity (Wildman–Crippen MR) is 69.6 cm³/mol. The van der Waals surface area contributed by atoms with Gasteiger partial charge in [-0.05, 0) is 37.8 Å². The highest BCUT2D eigenvalue weighted by Crippen LogP contribution is 2.37. The van der Waals surface area contributed by atoms with Gasteiger partial charge in [0.05, 0.1) is 0 Å². The standard InChI is InChI=1S/C13H17BrFN/c1-9(10-6-7-10)16(2)13-5-3-4-12(15)11(13)8-14/h3-5,9-10H,6-8H2,1-2H3. The van der Waals surface area contributed by atoms with Crippen molar-refractivity contribution in [1.82, 2.24) is 0 Å². The van der Waals surface area contributed by atoms with Crippen molar-refractivity contribution in [1.29, 1.82) is 0 Å². The van der Waals surface area contributed by atoms with Crippen LogP contribution in [0.25, 0.3) is 0 Å². The molecule has 1 fully saturated rings. The molecule has 1 nitrogen and oxygen atoms in total. The van der Waals surface area contributed by atoms with E-state index in [1.54, 1.807) is 6.07 Å². The number of halogens is 2. The Morgan fingerprint density at radius 1 is 1.50 bits per heavy atom. The Bertz CT molecular complexity index is 376. The van der Waals surface area contributed by atoms with Crippen molar-refractivity contribution in [2.45, 2.75) is 31.1 Å². The van der Waals surface area contributed by atoms with Gasteiger partial charge in [-0.1, -0.05) is 22.0 Å². The van der Waals surface area contributed by atoms with Gasteiger partial charge in [0, 0.05) is 29.7 Å². The van der Waals surface area contributed by atoms with Crippen LogP contribution in [0.15, 0.2) is 18.2 Å². The Labute approximate surface area is 105 Å². The van der Waals surface area contributed by atoms with Gasteiger partial charge >= 0.3 is 0 Å². The molecule has 0 N–H and O–H groups in total. The number of benzene rings is 1. The fourth-order valence-electron chi connectivity index (χ4n) is 2.12. The number of anilines is 1. The third-order valence-electron chi connectivity index (χ3n) is 3.52. The average molecular weight is 286 g/mol. The zero-order valence-corrected chi connectivity index (χ0v) is 11.3. The second kappa shape index (κ2) is 4.74. The molecule has 0 amide bonds. The third-order valence-corrected chi connectivity index (χ3v) is 4.08. The van der Waals surface area contributed by atoms with Gasteiger partial charge in [-0.2, -0.15) is 0 Å². The summed E-state index contributed by atoms with van der Waals surface area (Å²) in [6.45, 7) is 2.22. The van der Waals surface area contributed by atoms with Crippen molar-refractivity contribution in [3.05, 3.63) is 29.6 Å². The molecule has 0 bridgehead atoms. The van der Waals surface area contributed by atoms with E-state index in [1.165, 1.54) is 18.9 Å². The summed E-state index contributed by atoms with van der Waals surface area (Å²) in [6.07, 6.45) is 2.62. The fraction of sp³-hybridized carbons (Fsp3) is 0.538. The summed E-state index contributed by atoms with van der Waals surface area (Å²) in [5.41, 5.74) is 1.77. The lowest BCUT2D eigenvalue weighted by molar-refractivity contribution is 0.594. The minimum Gasteiger partial charge on any atom is -0.371 e. The Hall–Kier alpha value is -0.570. The molecular formula is C13H17BrFN. The second-order valence-corrected chi connectivity index (χ2v) is 5.12. The first-order chi connectivity index (χ1) is 7.65. The summed E-state index contributed by atoms with van der Waals surface area (Å²) in [7, 11) is 2.06. The molecule has 0 radical (unpaired) electrons. The molecule has 1 atom stereocenters. The van der Waals surface area contributed by atoms with Crippen LogP contribution in [0.5, 0.6) is 0 Å². The number of alkyl halides is 1. The Balaban J connectivity index is 2.27. The maximum atomic E-state index is 13.6. The molecule has 3 heteroatoms. The van der Waals surface area contributed by atoms with Crippen molar-refractivity contribution in [3.63, 3.8) is 0 Å². The van der Waals surface area contributed by atoms with E-state index >= 15 is 0 Å². The molecule has 0 spiro atoms. The molecule has 88 valence electrons. The lowest BCUT2D eigenvalue weighted by Gasteiger charge is -2.29. The van der Waals surface area contributed by atoms with Gasteiger partial charge < -0.3 is 4.90 Å². The first-order valence-electron chi connectivity index (χ1n) is 5.71. The van der Waals surface area contributed by atoms with Crippen molar-refractivity contribution < 1.29 is 4.39 Å². The van der Waals surface area contributed by atoms with E-state index in [0.29, 0.717) is 11.4 Å². The van der Waals surface area contributed by atoms with Crippen molar-refractivity contribution in [2.24, 2.45) is 5.92 Å². The van der Waals surface area contributed by atoms with Crippen LogP contribution in [0.2, 0.25) is 0 Å². The van der Waals surface area contributed by atoms with Gasteiger partial charge in [-0.25, -0.2) is 4.39 Å². The summed E-state index contributed by atoms with van der Waals surface area (Å²) in [5, 5.41) is 0.566. The maximum Gasteiger partial charge on any atom is 0.129 e. The highest BCUT2D eigenvalue weighted by atomic mass is 79.9. The van der Waals surface area contributed by atoms with Crippen molar-refractivity contribution in [2.75, 3.05) is 11.9 Å². The smallest absolute Gasteiger partial charge is 0.129 e. The summed E-state index contributed by atoms with van der Waals surface area (Å²) < 4.78 is 13.6. The molecule has 0 saturated heterocycles. The van der Waals surface area contributed by atoms with E-state index in [1.807, 2.05) is 6.07 Å².